The number of hydrogen-bond acceptors (Lipinski definition) is 5. The molecule has 0 radical (unpaired) electrons. The van der Waals surface area contributed by atoms with Gasteiger partial charge in [-0.25, -0.2) is 0 Å². The number of carbonyl (C=O) groups is 2. The van der Waals surface area contributed by atoms with Gasteiger partial charge >= 0.3 is 0 Å². The molecule has 0 bridgehead atoms. The molecule has 4 N–H and O–H groups in total. The van der Waals surface area contributed by atoms with Crippen LogP contribution in [-0.2, 0) is 9.59 Å². The third-order valence-corrected chi connectivity index (χ3v) is 2.85. The molecule has 0 fully saturated rings. The van der Waals surface area contributed by atoms with E-state index >= 15 is 0 Å². The average Bonchev–Trinajstić information content (AvgIpc) is 2.54. The first kappa shape index (κ1) is 21.0. The van der Waals surface area contributed by atoms with Crippen LogP contribution >= 0.6 is 12.4 Å². The Hall–Kier alpha value is -1.99. The Balaban J connectivity index is 0.00000484. The van der Waals surface area contributed by atoms with E-state index in [1.54, 1.807) is 25.3 Å². The molecule has 8 heteroatoms. The van der Waals surface area contributed by atoms with E-state index in [1.807, 2.05) is 0 Å². The number of nitrogens with one attached hydrogen (secondary N) is 2. The summed E-state index contributed by atoms with van der Waals surface area (Å²) in [5.41, 5.74) is 5.66. The smallest absolute Gasteiger partial charge is 0.243 e. The van der Waals surface area contributed by atoms with E-state index in [0.717, 1.165) is 12.8 Å². The summed E-state index contributed by atoms with van der Waals surface area (Å²) in [5.74, 6) is 0.410. The lowest BCUT2D eigenvalue weighted by atomic mass is 10.2. The van der Waals surface area contributed by atoms with Crippen molar-refractivity contribution in [3.8, 4) is 11.5 Å². The van der Waals surface area contributed by atoms with Gasteiger partial charge in [0.25, 0.3) is 0 Å². The molecule has 1 aromatic rings. The van der Waals surface area contributed by atoms with Crippen LogP contribution in [-0.4, -0.2) is 38.6 Å². The predicted molar refractivity (Wildman–Crippen MR) is 91.3 cm³/mol. The number of unbranched alkanes of at least 4 members (excludes halogenated alkanes) is 1. The van der Waals surface area contributed by atoms with E-state index in [9.17, 15) is 9.59 Å². The SMILES string of the molecule is CCCCOc1ccc(OC)cc1NC(=O)CNC(=O)CN.Cl. The second-order valence-corrected chi connectivity index (χ2v) is 4.59. The first-order valence-corrected chi connectivity index (χ1v) is 7.18. The monoisotopic (exact) mass is 345 g/mol. The zero-order valence-electron chi connectivity index (χ0n) is 13.4. The van der Waals surface area contributed by atoms with Gasteiger partial charge in [0.2, 0.25) is 11.8 Å². The summed E-state index contributed by atoms with van der Waals surface area (Å²) in [6.07, 6.45) is 1.94. The van der Waals surface area contributed by atoms with Gasteiger partial charge in [0, 0.05) is 6.07 Å². The minimum Gasteiger partial charge on any atom is -0.497 e. The normalized spacial score (nSPS) is 9.52. The lowest BCUT2D eigenvalue weighted by Crippen LogP contribution is -2.36. The van der Waals surface area contributed by atoms with Crippen LogP contribution in [0.15, 0.2) is 18.2 Å². The third kappa shape index (κ3) is 7.71. The number of amides is 2. The van der Waals surface area contributed by atoms with Gasteiger partial charge in [0.1, 0.15) is 11.5 Å². The summed E-state index contributed by atoms with van der Waals surface area (Å²) >= 11 is 0. The number of carbonyl (C=O) groups excluding carboxylic acids is 2. The van der Waals surface area contributed by atoms with Crippen LogP contribution in [0.25, 0.3) is 0 Å². The summed E-state index contributed by atoms with van der Waals surface area (Å²) in [4.78, 5) is 22.9. The van der Waals surface area contributed by atoms with E-state index in [-0.39, 0.29) is 37.3 Å². The molecule has 0 aromatic heterocycles. The first-order valence-electron chi connectivity index (χ1n) is 7.18. The van der Waals surface area contributed by atoms with Crippen molar-refractivity contribution in [2.75, 3.05) is 32.1 Å². The molecule has 0 saturated heterocycles. The highest BCUT2D eigenvalue weighted by atomic mass is 35.5. The molecule has 23 heavy (non-hydrogen) atoms. The van der Waals surface area contributed by atoms with Crippen LogP contribution in [0.1, 0.15) is 19.8 Å². The number of ether oxygens (including phenoxy) is 2. The van der Waals surface area contributed by atoms with Crippen LogP contribution in [0.2, 0.25) is 0 Å². The van der Waals surface area contributed by atoms with Gasteiger partial charge in [0.15, 0.2) is 0 Å². The van der Waals surface area contributed by atoms with Gasteiger partial charge in [-0.2, -0.15) is 0 Å². The van der Waals surface area contributed by atoms with E-state index in [0.29, 0.717) is 23.8 Å². The second kappa shape index (κ2) is 11.6. The van der Waals surface area contributed by atoms with E-state index in [2.05, 4.69) is 17.6 Å². The molecular formula is C15H24ClN3O4. The average molecular weight is 346 g/mol. The van der Waals surface area contributed by atoms with E-state index in [1.165, 1.54) is 0 Å². The molecule has 7 nitrogen and oxygen atoms in total. The van der Waals surface area contributed by atoms with Crippen molar-refractivity contribution < 1.29 is 19.1 Å². The highest BCUT2D eigenvalue weighted by molar-refractivity contribution is 5.96. The summed E-state index contributed by atoms with van der Waals surface area (Å²) in [6, 6.07) is 5.17. The maximum atomic E-state index is 11.9. The Morgan fingerprint density at radius 3 is 2.61 bits per heavy atom. The Bertz CT molecular complexity index is 511. The molecule has 0 atom stereocenters. The third-order valence-electron chi connectivity index (χ3n) is 2.85. The summed E-state index contributed by atoms with van der Waals surface area (Å²) in [5, 5.41) is 5.10. The van der Waals surface area contributed by atoms with Crippen molar-refractivity contribution in [3.63, 3.8) is 0 Å². The molecule has 2 amide bonds. The number of methoxy groups -OCH3 is 1. The number of nitrogens with two attached hydrogens (primary N) is 1. The lowest BCUT2D eigenvalue weighted by molar-refractivity contribution is -0.123. The summed E-state index contributed by atoms with van der Waals surface area (Å²) in [7, 11) is 1.54. The fraction of sp³-hybridized carbons (Fsp3) is 0.467. The molecule has 0 aliphatic rings. The molecule has 0 heterocycles. The molecule has 1 rings (SSSR count). The zero-order chi connectivity index (χ0) is 16.4. The Morgan fingerprint density at radius 2 is 2.00 bits per heavy atom. The molecule has 0 aliphatic carbocycles. The maximum Gasteiger partial charge on any atom is 0.243 e. The van der Waals surface area contributed by atoms with E-state index < -0.39 is 0 Å². The molecule has 0 saturated carbocycles. The predicted octanol–water partition coefficient (Wildman–Crippen LogP) is 1.31. The first-order chi connectivity index (χ1) is 10.6. The van der Waals surface area contributed by atoms with Gasteiger partial charge in [-0.3, -0.25) is 9.59 Å². The molecular weight excluding hydrogens is 322 g/mol. The van der Waals surface area contributed by atoms with Crippen LogP contribution in [0.3, 0.4) is 0 Å². The zero-order valence-corrected chi connectivity index (χ0v) is 14.2. The fourth-order valence-corrected chi connectivity index (χ4v) is 1.63. The van der Waals surface area contributed by atoms with Gasteiger partial charge in [0.05, 0.1) is 32.5 Å². The van der Waals surface area contributed by atoms with Crippen molar-refractivity contribution in [1.29, 1.82) is 0 Å². The van der Waals surface area contributed by atoms with Gasteiger partial charge in [-0.15, -0.1) is 12.4 Å². The maximum absolute atomic E-state index is 11.9. The van der Waals surface area contributed by atoms with Crippen LogP contribution in [0.4, 0.5) is 5.69 Å². The van der Waals surface area contributed by atoms with Crippen molar-refractivity contribution >= 4 is 29.9 Å². The number of benzene rings is 1. The summed E-state index contributed by atoms with van der Waals surface area (Å²) < 4.78 is 10.8. The number of halogens is 1. The fourth-order valence-electron chi connectivity index (χ4n) is 1.63. The Kier molecular flexibility index (Phi) is 10.6. The topological polar surface area (TPSA) is 103 Å². The van der Waals surface area contributed by atoms with Gasteiger partial charge in [-0.1, -0.05) is 13.3 Å². The molecule has 0 unspecified atom stereocenters. The van der Waals surface area contributed by atoms with E-state index in [4.69, 9.17) is 15.2 Å². The lowest BCUT2D eigenvalue weighted by Gasteiger charge is -2.14. The number of anilines is 1. The second-order valence-electron chi connectivity index (χ2n) is 4.59. The Morgan fingerprint density at radius 1 is 1.26 bits per heavy atom. The molecule has 130 valence electrons. The van der Waals surface area contributed by atoms with Crippen molar-refractivity contribution in [1.82, 2.24) is 5.32 Å². The van der Waals surface area contributed by atoms with Crippen LogP contribution in [0, 0.1) is 0 Å². The molecule has 1 aromatic carbocycles. The Labute approximate surface area is 142 Å². The largest absolute Gasteiger partial charge is 0.497 e. The summed E-state index contributed by atoms with van der Waals surface area (Å²) in [6.45, 7) is 2.33. The van der Waals surface area contributed by atoms with Crippen molar-refractivity contribution in [3.05, 3.63) is 18.2 Å². The van der Waals surface area contributed by atoms with Crippen LogP contribution < -0.4 is 25.8 Å². The number of rotatable bonds is 9. The number of hydrogen-bond donors (Lipinski definition) is 3. The molecule has 0 spiro atoms. The minimum atomic E-state index is -0.389. The van der Waals surface area contributed by atoms with Crippen LogP contribution in [0.5, 0.6) is 11.5 Å². The highest BCUT2D eigenvalue weighted by Gasteiger charge is 2.10. The quantitative estimate of drug-likeness (QED) is 0.585. The highest BCUT2D eigenvalue weighted by Crippen LogP contribution is 2.29. The van der Waals surface area contributed by atoms with Gasteiger partial charge in [-0.05, 0) is 18.6 Å². The minimum absolute atomic E-state index is 0. The standard InChI is InChI=1S/C15H23N3O4.ClH/c1-3-4-7-22-13-6-5-11(21-2)8-12(13)18-15(20)10-17-14(19)9-16;/h5-6,8H,3-4,7,9-10,16H2,1-2H3,(H,17,19)(H,18,20);1H. The molecule has 0 aliphatic heterocycles. The van der Waals surface area contributed by atoms with Gasteiger partial charge < -0.3 is 25.8 Å². The van der Waals surface area contributed by atoms with Crippen molar-refractivity contribution in [2.45, 2.75) is 19.8 Å². The van der Waals surface area contributed by atoms with Crippen molar-refractivity contribution in [2.24, 2.45) is 5.73 Å².